The first kappa shape index (κ1) is 43.0. The molecule has 1 aliphatic carbocycles. The molecule has 6 heterocycles. The molecule has 15 aromatic rings. The number of benzene rings is 10. The summed E-state index contributed by atoms with van der Waals surface area (Å²) < 4.78 is 9.50. The zero-order valence-corrected chi connectivity index (χ0v) is 42.2. The van der Waals surface area contributed by atoms with E-state index in [9.17, 15) is 0 Å². The second-order valence-electron chi connectivity index (χ2n) is 20.7. The van der Waals surface area contributed by atoms with Gasteiger partial charge in [0, 0.05) is 54.9 Å². The molecule has 5 aromatic heterocycles. The van der Waals surface area contributed by atoms with Gasteiger partial charge in [-0.3, -0.25) is 13.7 Å². The monoisotopic (exact) mass is 998 g/mol. The Kier molecular flexibility index (Phi) is 9.14. The molecule has 8 nitrogen and oxygen atoms in total. The van der Waals surface area contributed by atoms with Crippen LogP contribution in [0.3, 0.4) is 0 Å². The van der Waals surface area contributed by atoms with Crippen molar-refractivity contribution in [1.82, 2.24) is 33.6 Å². The second-order valence-corrected chi connectivity index (χ2v) is 20.7. The molecule has 17 rings (SSSR count). The standard InChI is InChI=1S/C70H46N8/c1-3-19-45-39-47(35-33-43(45)17-1)56-41-57(48-36-34-44-18-2-4-20-46(44)40-48)72-69(71-56)78-62-31-15-9-25-53(62)54-37-38-64-67(68(54)78)55-26-10-16-32-63(55)77(64)70-73-65(75-58-27-11-5-21-49(58)50-22-6-12-28-59(50)75)42-66(74-70)76-60-29-13-7-23-51(60)52-24-8-14-30-61(52)76/h1-7,9-23,25-42,70,73H,8,24H2. The second kappa shape index (κ2) is 16.6. The van der Waals surface area contributed by atoms with Crippen molar-refractivity contribution in [1.29, 1.82) is 0 Å². The summed E-state index contributed by atoms with van der Waals surface area (Å²) in [7, 11) is 0. The molecule has 366 valence electrons. The van der Waals surface area contributed by atoms with Crippen LogP contribution >= 0.6 is 0 Å². The van der Waals surface area contributed by atoms with Crippen LogP contribution in [0.2, 0.25) is 0 Å². The van der Waals surface area contributed by atoms with E-state index in [4.69, 9.17) is 15.0 Å². The lowest BCUT2D eigenvalue weighted by atomic mass is 10.0. The minimum Gasteiger partial charge on any atom is -0.332 e. The molecule has 8 heteroatoms. The number of rotatable bonds is 5. The first-order valence-corrected chi connectivity index (χ1v) is 26.8. The Morgan fingerprint density at radius 3 is 1.59 bits per heavy atom. The fourth-order valence-electron chi connectivity index (χ4n) is 13.0. The van der Waals surface area contributed by atoms with Crippen molar-refractivity contribution in [3.63, 3.8) is 0 Å². The molecule has 2 aliphatic rings. The SMILES string of the molecule is C1=Cc2c(c3ccccc3n2C2=NC(n3c4ccccc4c4c5c(ccc43)c3ccccc3n5-c3nc(-c4ccc5ccccc5c4)cc(-c4ccc5ccccc5c4)n3)NC(n3c4ccccc4c4ccccc43)=C2)CC1. The fourth-order valence-corrected chi connectivity index (χ4v) is 13.0. The molecule has 0 fully saturated rings. The fraction of sp³-hybridized carbons (Fsp3) is 0.0429. The molecule has 78 heavy (non-hydrogen) atoms. The largest absolute Gasteiger partial charge is 0.332 e. The van der Waals surface area contributed by atoms with Crippen LogP contribution in [0.4, 0.5) is 0 Å². The number of nitrogens with zero attached hydrogens (tertiary/aromatic N) is 7. The Morgan fingerprint density at radius 2 is 0.949 bits per heavy atom. The minimum atomic E-state index is -0.575. The van der Waals surface area contributed by atoms with E-state index in [0.29, 0.717) is 5.95 Å². The molecule has 0 spiro atoms. The maximum Gasteiger partial charge on any atom is 0.235 e. The van der Waals surface area contributed by atoms with Crippen LogP contribution < -0.4 is 5.32 Å². The number of allylic oxidation sites excluding steroid dienone is 2. The minimum absolute atomic E-state index is 0.575. The maximum atomic E-state index is 5.86. The maximum absolute atomic E-state index is 5.86. The van der Waals surface area contributed by atoms with Crippen molar-refractivity contribution in [2.75, 3.05) is 0 Å². The summed E-state index contributed by atoms with van der Waals surface area (Å²) in [6, 6.07) is 80.8. The third kappa shape index (κ3) is 6.31. The molecule has 0 bridgehead atoms. The average Bonchev–Trinajstić information content (AvgIpc) is 4.24. The van der Waals surface area contributed by atoms with Gasteiger partial charge in [0.05, 0.1) is 55.7 Å². The number of aliphatic imine (C=N–C) groups is 1. The van der Waals surface area contributed by atoms with Crippen molar-refractivity contribution < 1.29 is 0 Å². The van der Waals surface area contributed by atoms with Gasteiger partial charge in [-0.15, -0.1) is 0 Å². The van der Waals surface area contributed by atoms with Gasteiger partial charge >= 0.3 is 0 Å². The van der Waals surface area contributed by atoms with E-state index in [1.165, 1.54) is 38.2 Å². The van der Waals surface area contributed by atoms with Crippen LogP contribution in [0.15, 0.2) is 242 Å². The van der Waals surface area contributed by atoms with E-state index >= 15 is 0 Å². The lowest BCUT2D eigenvalue weighted by Crippen LogP contribution is -2.33. The average molecular weight is 999 g/mol. The van der Waals surface area contributed by atoms with Gasteiger partial charge in [0.2, 0.25) is 12.2 Å². The quantitative estimate of drug-likeness (QED) is 0.187. The normalized spacial score (nSPS) is 14.6. The molecule has 0 radical (unpaired) electrons. The Balaban J connectivity index is 0.944. The van der Waals surface area contributed by atoms with Gasteiger partial charge < -0.3 is 9.88 Å². The van der Waals surface area contributed by atoms with Crippen LogP contribution in [0, 0.1) is 0 Å². The van der Waals surface area contributed by atoms with Crippen LogP contribution in [0.5, 0.6) is 0 Å². The Bertz CT molecular complexity index is 5000. The summed E-state index contributed by atoms with van der Waals surface area (Å²) in [5, 5.41) is 16.9. The van der Waals surface area contributed by atoms with E-state index in [1.807, 2.05) is 0 Å². The number of aromatic nitrogens is 6. The van der Waals surface area contributed by atoms with E-state index in [-0.39, 0.29) is 0 Å². The summed E-state index contributed by atoms with van der Waals surface area (Å²) >= 11 is 0. The summed E-state index contributed by atoms with van der Waals surface area (Å²) in [6.45, 7) is 0. The molecule has 0 amide bonds. The topological polar surface area (TPSA) is 69.9 Å². The van der Waals surface area contributed by atoms with Crippen LogP contribution in [0.1, 0.15) is 24.0 Å². The molecule has 0 saturated heterocycles. The van der Waals surface area contributed by atoms with Crippen LogP contribution in [0.25, 0.3) is 138 Å². The van der Waals surface area contributed by atoms with Gasteiger partial charge in [-0.2, -0.15) is 0 Å². The number of hydrogen-bond acceptors (Lipinski definition) is 4. The van der Waals surface area contributed by atoms with Crippen molar-refractivity contribution in [3.05, 3.63) is 248 Å². The number of fused-ring (bicyclic) bond motifs is 15. The van der Waals surface area contributed by atoms with Crippen molar-refractivity contribution >= 4 is 116 Å². The highest BCUT2D eigenvalue weighted by molar-refractivity contribution is 6.26. The van der Waals surface area contributed by atoms with Gasteiger partial charge in [-0.1, -0.05) is 176 Å². The molecular weight excluding hydrogens is 953 g/mol. The van der Waals surface area contributed by atoms with E-state index in [1.54, 1.807) is 0 Å². The highest BCUT2D eigenvalue weighted by Gasteiger charge is 2.30. The summed E-state index contributed by atoms with van der Waals surface area (Å²) in [5.41, 5.74) is 13.9. The van der Waals surface area contributed by atoms with Crippen LogP contribution in [-0.2, 0) is 6.42 Å². The molecule has 0 saturated carbocycles. The van der Waals surface area contributed by atoms with Crippen molar-refractivity contribution in [3.8, 4) is 28.5 Å². The summed E-state index contributed by atoms with van der Waals surface area (Å²) in [6.07, 6.45) is 8.27. The van der Waals surface area contributed by atoms with Crippen LogP contribution in [-0.4, -0.2) is 34.1 Å². The zero-order valence-electron chi connectivity index (χ0n) is 42.2. The first-order valence-electron chi connectivity index (χ1n) is 26.8. The van der Waals surface area contributed by atoms with Crippen molar-refractivity contribution in [2.24, 2.45) is 4.99 Å². The molecule has 1 aliphatic heterocycles. The third-order valence-electron chi connectivity index (χ3n) is 16.5. The van der Waals surface area contributed by atoms with E-state index in [2.05, 4.69) is 266 Å². The Morgan fingerprint density at radius 1 is 0.423 bits per heavy atom. The third-order valence-corrected chi connectivity index (χ3v) is 16.5. The lowest BCUT2D eigenvalue weighted by molar-refractivity contribution is 0.497. The highest BCUT2D eigenvalue weighted by atomic mass is 15.4. The lowest BCUT2D eigenvalue weighted by Gasteiger charge is -2.28. The summed E-state index contributed by atoms with van der Waals surface area (Å²) in [5.74, 6) is 2.40. The molecule has 1 unspecified atom stereocenters. The van der Waals surface area contributed by atoms with E-state index in [0.717, 1.165) is 118 Å². The number of hydrogen-bond donors (Lipinski definition) is 1. The molecule has 10 aromatic carbocycles. The predicted molar refractivity (Wildman–Crippen MR) is 323 cm³/mol. The van der Waals surface area contributed by atoms with Gasteiger partial charge in [0.1, 0.15) is 11.7 Å². The molecular formula is C70H46N8. The highest BCUT2D eigenvalue weighted by Crippen LogP contribution is 2.44. The van der Waals surface area contributed by atoms with Crippen molar-refractivity contribution in [2.45, 2.75) is 19.1 Å². The Labute approximate surface area is 447 Å². The smallest absolute Gasteiger partial charge is 0.235 e. The number of nitrogens with one attached hydrogen (secondary N) is 1. The van der Waals surface area contributed by atoms with Gasteiger partial charge in [-0.05, 0) is 101 Å². The summed E-state index contributed by atoms with van der Waals surface area (Å²) in [4.78, 5) is 17.1. The molecule has 1 atom stereocenters. The van der Waals surface area contributed by atoms with E-state index < -0.39 is 6.29 Å². The van der Waals surface area contributed by atoms with Gasteiger partial charge in [0.25, 0.3) is 0 Å². The predicted octanol–water partition coefficient (Wildman–Crippen LogP) is 16.8. The Hall–Kier alpha value is -10.3. The first-order chi connectivity index (χ1) is 38.7. The number of aryl methyl sites for hydroxylation is 1. The number of para-hydroxylation sites is 5. The molecule has 1 N–H and O–H groups in total. The van der Waals surface area contributed by atoms with Gasteiger partial charge in [-0.25, -0.2) is 15.0 Å². The van der Waals surface area contributed by atoms with Gasteiger partial charge in [0.15, 0.2) is 0 Å². The zero-order chi connectivity index (χ0) is 51.0.